The van der Waals surface area contributed by atoms with Gasteiger partial charge in [0.25, 0.3) is 0 Å². The molecule has 0 aromatic rings. The van der Waals surface area contributed by atoms with Crippen LogP contribution in [0.3, 0.4) is 0 Å². The molecule has 0 heteroatoms. The molecule has 120 valence electrons. The summed E-state index contributed by atoms with van der Waals surface area (Å²) in [5.74, 6) is 1.35. The van der Waals surface area contributed by atoms with Gasteiger partial charge in [-0.2, -0.15) is 0 Å². The van der Waals surface area contributed by atoms with Crippen molar-refractivity contribution in [3.8, 4) is 0 Å². The number of hydrogen-bond donors (Lipinski definition) is 0. The highest BCUT2D eigenvalue weighted by atomic mass is 14.3. The summed E-state index contributed by atoms with van der Waals surface area (Å²) >= 11 is 0. The third-order valence-corrected chi connectivity index (χ3v) is 2.91. The Kier molecular flexibility index (Phi) is 17.7. The fourth-order valence-electron chi connectivity index (χ4n) is 2.05. The zero-order valence-corrected chi connectivity index (χ0v) is 15.9. The van der Waals surface area contributed by atoms with Gasteiger partial charge >= 0.3 is 0 Å². The Hall–Kier alpha value is -0.780. The van der Waals surface area contributed by atoms with Gasteiger partial charge in [-0.3, -0.25) is 0 Å². The van der Waals surface area contributed by atoms with Crippen LogP contribution in [0, 0.1) is 17.3 Å². The molecule has 0 amide bonds. The van der Waals surface area contributed by atoms with Gasteiger partial charge in [0.2, 0.25) is 0 Å². The largest absolute Gasteiger partial charge is 0.0991 e. The Labute approximate surface area is 130 Å². The standard InChI is InChI=1S/C16H28.2C2H6/c1-8-10-11-14(9-2)15(12-13(3)4)16(5,6)7;2*1-2/h8-11,13,15H,1,12H2,2-7H3;2*1-2H3/b11-10-,14-9+;;. The predicted octanol–water partition coefficient (Wildman–Crippen LogP) is 7.44. The monoisotopic (exact) mass is 280 g/mol. The molecule has 0 nitrogen and oxygen atoms in total. The molecule has 0 rings (SSSR count). The molecule has 0 aliphatic rings. The van der Waals surface area contributed by atoms with Gasteiger partial charge in [-0.25, -0.2) is 0 Å². The van der Waals surface area contributed by atoms with E-state index in [1.165, 1.54) is 12.0 Å². The zero-order chi connectivity index (χ0) is 16.8. The molecular formula is C20H40. The van der Waals surface area contributed by atoms with Gasteiger partial charge in [0, 0.05) is 0 Å². The fraction of sp³-hybridized carbons (Fsp3) is 0.700. The van der Waals surface area contributed by atoms with Gasteiger partial charge in [-0.05, 0) is 36.2 Å². The highest BCUT2D eigenvalue weighted by Crippen LogP contribution is 2.37. The summed E-state index contributed by atoms with van der Waals surface area (Å²) in [6, 6.07) is 0. The van der Waals surface area contributed by atoms with Crippen molar-refractivity contribution in [3.05, 3.63) is 36.5 Å². The van der Waals surface area contributed by atoms with Crippen molar-refractivity contribution in [3.63, 3.8) is 0 Å². The molecule has 1 atom stereocenters. The normalized spacial score (nSPS) is 13.2. The topological polar surface area (TPSA) is 0 Å². The number of allylic oxidation sites excluding steroid dienone is 5. The molecule has 0 spiro atoms. The molecule has 0 aromatic carbocycles. The maximum atomic E-state index is 3.74. The van der Waals surface area contributed by atoms with Crippen LogP contribution in [0.1, 0.15) is 75.7 Å². The molecule has 0 aliphatic carbocycles. The Morgan fingerprint density at radius 1 is 1.05 bits per heavy atom. The molecule has 1 unspecified atom stereocenters. The molecule has 0 bridgehead atoms. The quantitative estimate of drug-likeness (QED) is 0.459. The van der Waals surface area contributed by atoms with Crippen LogP contribution in [0.25, 0.3) is 0 Å². The van der Waals surface area contributed by atoms with E-state index in [9.17, 15) is 0 Å². The van der Waals surface area contributed by atoms with Crippen LogP contribution in [-0.2, 0) is 0 Å². The molecule has 0 heterocycles. The molecule has 0 saturated heterocycles. The van der Waals surface area contributed by atoms with Crippen LogP contribution in [0.15, 0.2) is 36.5 Å². The smallest absolute Gasteiger partial charge is 0.0114 e. The maximum absolute atomic E-state index is 3.74. The second-order valence-corrected chi connectivity index (χ2v) is 5.93. The maximum Gasteiger partial charge on any atom is -0.0114 e. The fourth-order valence-corrected chi connectivity index (χ4v) is 2.05. The predicted molar refractivity (Wildman–Crippen MR) is 98.2 cm³/mol. The minimum absolute atomic E-state index is 0.317. The summed E-state index contributed by atoms with van der Waals surface area (Å²) in [6.07, 6.45) is 9.56. The highest BCUT2D eigenvalue weighted by molar-refractivity contribution is 5.25. The minimum Gasteiger partial charge on any atom is -0.0991 e. The van der Waals surface area contributed by atoms with E-state index in [2.05, 4.69) is 60.3 Å². The average Bonchev–Trinajstić information content (AvgIpc) is 2.41. The zero-order valence-electron chi connectivity index (χ0n) is 15.9. The highest BCUT2D eigenvalue weighted by Gasteiger charge is 2.26. The molecule has 0 aromatic heterocycles. The summed E-state index contributed by atoms with van der Waals surface area (Å²) in [6.45, 7) is 25.4. The second kappa shape index (κ2) is 14.6. The lowest BCUT2D eigenvalue weighted by Crippen LogP contribution is -2.23. The van der Waals surface area contributed by atoms with Gasteiger partial charge in [0.1, 0.15) is 0 Å². The van der Waals surface area contributed by atoms with Crippen LogP contribution in [0.4, 0.5) is 0 Å². The Balaban J connectivity index is -0.000000656. The lowest BCUT2D eigenvalue weighted by Gasteiger charge is -2.33. The van der Waals surface area contributed by atoms with Crippen LogP contribution in [-0.4, -0.2) is 0 Å². The first-order valence-electron chi connectivity index (χ1n) is 8.28. The Morgan fingerprint density at radius 3 is 1.75 bits per heavy atom. The van der Waals surface area contributed by atoms with E-state index in [1.54, 1.807) is 0 Å². The van der Waals surface area contributed by atoms with E-state index < -0.39 is 0 Å². The lowest BCUT2D eigenvalue weighted by molar-refractivity contribution is 0.244. The van der Waals surface area contributed by atoms with Crippen molar-refractivity contribution >= 4 is 0 Å². The van der Waals surface area contributed by atoms with Crippen molar-refractivity contribution in [1.82, 2.24) is 0 Å². The molecular weight excluding hydrogens is 240 g/mol. The lowest BCUT2D eigenvalue weighted by atomic mass is 9.72. The Bertz CT molecular complexity index is 258. The SMILES string of the molecule is C=C/C=C\C(=C/C)C(CC(C)C)C(C)(C)C.CC.CC. The second-order valence-electron chi connectivity index (χ2n) is 5.93. The van der Waals surface area contributed by atoms with Crippen molar-refractivity contribution in [1.29, 1.82) is 0 Å². The molecule has 0 N–H and O–H groups in total. The molecule has 0 fully saturated rings. The minimum atomic E-state index is 0.317. The Morgan fingerprint density at radius 2 is 1.50 bits per heavy atom. The third kappa shape index (κ3) is 12.3. The van der Waals surface area contributed by atoms with Gasteiger partial charge in [-0.1, -0.05) is 93.2 Å². The first-order chi connectivity index (χ1) is 9.32. The van der Waals surface area contributed by atoms with Crippen LogP contribution < -0.4 is 0 Å². The van der Waals surface area contributed by atoms with Crippen molar-refractivity contribution in [2.75, 3.05) is 0 Å². The third-order valence-electron chi connectivity index (χ3n) is 2.91. The summed E-state index contributed by atoms with van der Waals surface area (Å²) in [4.78, 5) is 0. The van der Waals surface area contributed by atoms with Crippen molar-refractivity contribution in [2.45, 2.75) is 75.7 Å². The van der Waals surface area contributed by atoms with E-state index in [0.717, 1.165) is 5.92 Å². The number of hydrogen-bond acceptors (Lipinski definition) is 0. The number of rotatable bonds is 5. The molecule has 0 radical (unpaired) electrons. The van der Waals surface area contributed by atoms with Crippen molar-refractivity contribution < 1.29 is 0 Å². The van der Waals surface area contributed by atoms with Crippen molar-refractivity contribution in [2.24, 2.45) is 17.3 Å². The van der Waals surface area contributed by atoms with E-state index in [4.69, 9.17) is 0 Å². The van der Waals surface area contributed by atoms with E-state index in [-0.39, 0.29) is 0 Å². The van der Waals surface area contributed by atoms with Crippen LogP contribution in [0.5, 0.6) is 0 Å². The molecule has 20 heavy (non-hydrogen) atoms. The van der Waals surface area contributed by atoms with Gasteiger partial charge in [0.15, 0.2) is 0 Å². The molecule has 0 saturated carbocycles. The summed E-state index contributed by atoms with van der Waals surface area (Å²) in [7, 11) is 0. The van der Waals surface area contributed by atoms with Crippen LogP contribution >= 0.6 is 0 Å². The summed E-state index contributed by atoms with van der Waals surface area (Å²) in [5, 5.41) is 0. The summed E-state index contributed by atoms with van der Waals surface area (Å²) in [5.41, 5.74) is 1.75. The first-order valence-corrected chi connectivity index (χ1v) is 8.28. The van der Waals surface area contributed by atoms with E-state index in [0.29, 0.717) is 11.3 Å². The van der Waals surface area contributed by atoms with E-state index >= 15 is 0 Å². The average molecular weight is 281 g/mol. The van der Waals surface area contributed by atoms with E-state index in [1.807, 2.05) is 39.8 Å². The molecule has 0 aliphatic heterocycles. The van der Waals surface area contributed by atoms with Gasteiger partial charge in [-0.15, -0.1) is 0 Å². The van der Waals surface area contributed by atoms with Crippen LogP contribution in [0.2, 0.25) is 0 Å². The van der Waals surface area contributed by atoms with Gasteiger partial charge < -0.3 is 0 Å². The summed E-state index contributed by atoms with van der Waals surface area (Å²) < 4.78 is 0. The van der Waals surface area contributed by atoms with Gasteiger partial charge in [0.05, 0.1) is 0 Å². The first kappa shape index (κ1) is 24.3.